The monoisotopic (exact) mass is 608 g/mol. The molecule has 3 aromatic rings. The van der Waals surface area contributed by atoms with E-state index in [2.05, 4.69) is 84.2 Å². The van der Waals surface area contributed by atoms with Gasteiger partial charge in [-0.3, -0.25) is 0 Å². The third kappa shape index (κ3) is 20.3. The van der Waals surface area contributed by atoms with Crippen molar-refractivity contribution in [3.05, 3.63) is 108 Å². The Morgan fingerprint density at radius 1 is 0.517 bits per heavy atom. The number of alkyl halides is 3. The fourth-order valence-electron chi connectivity index (χ4n) is 1.70. The van der Waals surface area contributed by atoms with Gasteiger partial charge in [0.2, 0.25) is 0 Å². The largest absolute Gasteiger partial charge is 0.466 e. The van der Waals surface area contributed by atoms with Gasteiger partial charge in [-0.25, -0.2) is 4.57 Å². The van der Waals surface area contributed by atoms with E-state index in [1.165, 1.54) is 16.7 Å². The number of hydrogen-bond acceptors (Lipinski definition) is 1. The zero-order chi connectivity index (χ0) is 22.0. The van der Waals surface area contributed by atoms with Crippen LogP contribution in [-0.2, 0) is 20.6 Å². The lowest BCUT2D eigenvalue weighted by Crippen LogP contribution is -1.70. The zero-order valence-corrected chi connectivity index (χ0v) is 21.3. The summed E-state index contributed by atoms with van der Waals surface area (Å²) in [5.41, 5.74) is 3.98. The minimum atomic E-state index is -4.64. The number of benzene rings is 3. The molecule has 4 nitrogen and oxygen atoms in total. The Labute approximate surface area is 197 Å². The van der Waals surface area contributed by atoms with Crippen LogP contribution < -0.4 is 0 Å². The predicted octanol–water partition coefficient (Wildman–Crippen LogP) is 6.82. The molecule has 158 valence electrons. The molecule has 0 saturated heterocycles. The topological polar surface area (TPSA) is 77.8 Å². The first-order chi connectivity index (χ1) is 13.8. The number of hydrogen-bond donors (Lipinski definition) is 3. The van der Waals surface area contributed by atoms with Crippen molar-refractivity contribution in [2.45, 2.75) is 16.0 Å². The van der Waals surface area contributed by atoms with E-state index in [-0.39, 0.29) is 0 Å². The van der Waals surface area contributed by atoms with Crippen molar-refractivity contribution in [3.63, 3.8) is 0 Å². The van der Waals surface area contributed by atoms with Gasteiger partial charge in [-0.15, -0.1) is 0 Å². The first-order valence-corrected chi connectivity index (χ1v) is 13.3. The van der Waals surface area contributed by atoms with E-state index in [1.807, 2.05) is 54.6 Å². The highest BCUT2D eigenvalue weighted by Crippen LogP contribution is 2.25. The summed E-state index contributed by atoms with van der Waals surface area (Å²) in [4.78, 5) is 21.6. The summed E-state index contributed by atoms with van der Waals surface area (Å²) >= 11 is 10.1. The average molecular weight is 611 g/mol. The van der Waals surface area contributed by atoms with Crippen molar-refractivity contribution in [3.8, 4) is 0 Å². The SMILES string of the molecule is BrCc1ccccc1.BrCc1ccccc1.BrCc1ccccc1.O=P(O)(O)O. The van der Waals surface area contributed by atoms with Crippen molar-refractivity contribution < 1.29 is 19.2 Å². The number of rotatable bonds is 3. The molecule has 0 spiro atoms. The molecule has 3 rings (SSSR count). The molecule has 8 heteroatoms. The van der Waals surface area contributed by atoms with Gasteiger partial charge in [-0.2, -0.15) is 0 Å². The second-order valence-corrected chi connectivity index (χ2v) is 8.08. The van der Waals surface area contributed by atoms with E-state index in [0.717, 1.165) is 16.0 Å². The van der Waals surface area contributed by atoms with E-state index < -0.39 is 7.82 Å². The molecule has 0 fully saturated rings. The van der Waals surface area contributed by atoms with Gasteiger partial charge in [0, 0.05) is 16.0 Å². The van der Waals surface area contributed by atoms with Crippen molar-refractivity contribution in [2.75, 3.05) is 0 Å². The minimum Gasteiger partial charge on any atom is -0.303 e. The molecule has 0 bridgehead atoms. The minimum absolute atomic E-state index is 0.952. The van der Waals surface area contributed by atoms with Crippen LogP contribution in [0.4, 0.5) is 0 Å². The van der Waals surface area contributed by atoms with Gasteiger partial charge >= 0.3 is 7.82 Å². The average Bonchev–Trinajstić information content (AvgIpc) is 2.75. The molecule has 0 amide bonds. The van der Waals surface area contributed by atoms with Gasteiger partial charge in [0.1, 0.15) is 0 Å². The third-order valence-electron chi connectivity index (χ3n) is 2.99. The van der Waals surface area contributed by atoms with Crippen LogP contribution in [0, 0.1) is 0 Å². The van der Waals surface area contributed by atoms with E-state index in [0.29, 0.717) is 0 Å². The van der Waals surface area contributed by atoms with Gasteiger partial charge in [0.05, 0.1) is 0 Å². The Balaban J connectivity index is 0.000000367. The fourth-order valence-corrected chi connectivity index (χ4v) is 2.82. The molecular formula is C21H24Br3O4P. The summed E-state index contributed by atoms with van der Waals surface area (Å²) in [5.74, 6) is 0. The maximum Gasteiger partial charge on any atom is 0.466 e. The van der Waals surface area contributed by atoms with Gasteiger partial charge in [0.25, 0.3) is 0 Å². The van der Waals surface area contributed by atoms with Crippen molar-refractivity contribution in [1.82, 2.24) is 0 Å². The van der Waals surface area contributed by atoms with Crippen molar-refractivity contribution in [2.24, 2.45) is 0 Å². The summed E-state index contributed by atoms with van der Waals surface area (Å²) in [6.45, 7) is 0. The smallest absolute Gasteiger partial charge is 0.303 e. The zero-order valence-electron chi connectivity index (χ0n) is 15.6. The second-order valence-electron chi connectivity index (χ2n) is 5.37. The normalized spacial score (nSPS) is 9.59. The molecule has 0 aromatic heterocycles. The molecule has 0 unspecified atom stereocenters. The highest BCUT2D eigenvalue weighted by molar-refractivity contribution is 9.09. The maximum atomic E-state index is 8.88. The highest BCUT2D eigenvalue weighted by atomic mass is 79.9. The van der Waals surface area contributed by atoms with Crippen LogP contribution >= 0.6 is 55.6 Å². The first-order valence-electron chi connectivity index (χ1n) is 8.38. The predicted molar refractivity (Wildman–Crippen MR) is 131 cm³/mol. The molecule has 0 atom stereocenters. The lowest BCUT2D eigenvalue weighted by molar-refractivity contribution is 0.275. The molecule has 0 radical (unpaired) electrons. The van der Waals surface area contributed by atoms with Gasteiger partial charge in [-0.1, -0.05) is 139 Å². The Morgan fingerprint density at radius 3 is 0.793 bits per heavy atom. The van der Waals surface area contributed by atoms with Gasteiger partial charge < -0.3 is 14.7 Å². The molecule has 3 N–H and O–H groups in total. The Hall–Kier alpha value is -0.790. The van der Waals surface area contributed by atoms with E-state index in [4.69, 9.17) is 19.2 Å². The van der Waals surface area contributed by atoms with Crippen LogP contribution in [0.1, 0.15) is 16.7 Å². The molecule has 0 heterocycles. The van der Waals surface area contributed by atoms with Gasteiger partial charge in [-0.05, 0) is 16.7 Å². The standard InChI is InChI=1S/3C7H7Br.H3O4P/c3*8-6-7-4-2-1-3-5-7;1-5(2,3)4/h3*1-5H,6H2;(H3,1,2,3,4). The van der Waals surface area contributed by atoms with Crippen LogP contribution in [0.5, 0.6) is 0 Å². The summed E-state index contributed by atoms with van der Waals surface area (Å²) in [7, 11) is -4.64. The van der Waals surface area contributed by atoms with Crippen LogP contribution in [0.25, 0.3) is 0 Å². The molecule has 0 saturated carbocycles. The van der Waals surface area contributed by atoms with E-state index >= 15 is 0 Å². The van der Waals surface area contributed by atoms with Crippen molar-refractivity contribution >= 4 is 55.6 Å². The fraction of sp³-hybridized carbons (Fsp3) is 0.143. The van der Waals surface area contributed by atoms with Crippen LogP contribution in [0.15, 0.2) is 91.0 Å². The molecule has 3 aromatic carbocycles. The van der Waals surface area contributed by atoms with E-state index in [9.17, 15) is 0 Å². The van der Waals surface area contributed by atoms with Crippen molar-refractivity contribution in [1.29, 1.82) is 0 Å². The molecular weight excluding hydrogens is 587 g/mol. The van der Waals surface area contributed by atoms with Gasteiger partial charge in [0.15, 0.2) is 0 Å². The number of halogens is 3. The quantitative estimate of drug-likeness (QED) is 0.225. The second kappa shape index (κ2) is 18.0. The van der Waals surface area contributed by atoms with E-state index in [1.54, 1.807) is 0 Å². The maximum absolute atomic E-state index is 8.88. The third-order valence-corrected chi connectivity index (χ3v) is 4.93. The van der Waals surface area contributed by atoms with Crippen LogP contribution in [0.2, 0.25) is 0 Å². The van der Waals surface area contributed by atoms with Crippen LogP contribution in [-0.4, -0.2) is 14.7 Å². The summed E-state index contributed by atoms with van der Waals surface area (Å²) in [5, 5.41) is 2.86. The molecule has 0 aliphatic carbocycles. The molecule has 29 heavy (non-hydrogen) atoms. The summed E-state index contributed by atoms with van der Waals surface area (Å²) in [6.07, 6.45) is 0. The molecule has 0 aliphatic rings. The lowest BCUT2D eigenvalue weighted by atomic mass is 10.2. The summed E-state index contributed by atoms with van der Waals surface area (Å²) < 4.78 is 8.88. The lowest BCUT2D eigenvalue weighted by Gasteiger charge is -1.88. The number of phosphoric acid groups is 1. The van der Waals surface area contributed by atoms with Crippen LogP contribution in [0.3, 0.4) is 0 Å². The highest BCUT2D eigenvalue weighted by Gasteiger charge is 2.00. The molecule has 0 aliphatic heterocycles. The summed E-state index contributed by atoms with van der Waals surface area (Å²) in [6, 6.07) is 30.8. The Morgan fingerprint density at radius 2 is 0.690 bits per heavy atom. The Bertz CT molecular complexity index is 683. The Kier molecular flexibility index (Phi) is 17.5. The first kappa shape index (κ1) is 28.2.